The molecule has 2 rings (SSSR count). The van der Waals surface area contributed by atoms with Crippen molar-refractivity contribution in [2.24, 2.45) is 0 Å². The van der Waals surface area contributed by atoms with Crippen LogP contribution in [0.15, 0.2) is 40.9 Å². The van der Waals surface area contributed by atoms with Gasteiger partial charge in [0.2, 0.25) is 0 Å². The fourth-order valence-corrected chi connectivity index (χ4v) is 2.86. The molecule has 20 heavy (non-hydrogen) atoms. The quantitative estimate of drug-likeness (QED) is 0.810. The molecule has 2 nitrogen and oxygen atoms in total. The molecular weight excluding hydrogens is 363 g/mol. The zero-order valence-corrected chi connectivity index (χ0v) is 13.8. The number of hydrogen-bond acceptors (Lipinski definition) is 2. The second kappa shape index (κ2) is 6.81. The van der Waals surface area contributed by atoms with Crippen LogP contribution >= 0.6 is 39.1 Å². The van der Waals surface area contributed by atoms with E-state index in [2.05, 4.69) is 15.9 Å². The Hall–Kier alpha value is -0.740. The summed E-state index contributed by atoms with van der Waals surface area (Å²) in [6.45, 7) is 0. The number of benzene rings is 2. The first-order chi connectivity index (χ1) is 9.51. The van der Waals surface area contributed by atoms with Gasteiger partial charge >= 0.3 is 0 Å². The third-order valence-electron chi connectivity index (χ3n) is 2.98. The fraction of sp³-hybridized carbons (Fsp3) is 0.200. The third-order valence-corrected chi connectivity index (χ3v) is 4.21. The Kier molecular flexibility index (Phi) is 5.33. The maximum atomic E-state index is 10.3. The lowest BCUT2D eigenvalue weighted by Gasteiger charge is -2.14. The molecule has 0 amide bonds. The zero-order chi connectivity index (χ0) is 14.7. The molecule has 0 aromatic heterocycles. The van der Waals surface area contributed by atoms with E-state index in [9.17, 15) is 5.11 Å². The van der Waals surface area contributed by atoms with Gasteiger partial charge < -0.3 is 9.84 Å². The van der Waals surface area contributed by atoms with Crippen LogP contribution < -0.4 is 4.74 Å². The molecule has 2 aromatic rings. The molecular formula is C15H13BrCl2O2. The van der Waals surface area contributed by atoms with E-state index in [1.165, 1.54) is 0 Å². The molecule has 1 unspecified atom stereocenters. The summed E-state index contributed by atoms with van der Waals surface area (Å²) in [4.78, 5) is 0. The summed E-state index contributed by atoms with van der Waals surface area (Å²) < 4.78 is 5.97. The minimum Gasteiger partial charge on any atom is -0.496 e. The number of methoxy groups -OCH3 is 1. The maximum Gasteiger partial charge on any atom is 0.133 e. The molecule has 0 bridgehead atoms. The van der Waals surface area contributed by atoms with Crippen LogP contribution in [0.2, 0.25) is 10.0 Å². The summed E-state index contributed by atoms with van der Waals surface area (Å²) in [6, 6.07) is 10.7. The molecule has 0 saturated heterocycles. The predicted octanol–water partition coefficient (Wildman–Crippen LogP) is 5.04. The van der Waals surface area contributed by atoms with Gasteiger partial charge in [-0.3, -0.25) is 0 Å². The first kappa shape index (κ1) is 15.6. The second-order valence-electron chi connectivity index (χ2n) is 4.35. The topological polar surface area (TPSA) is 29.5 Å². The van der Waals surface area contributed by atoms with Crippen molar-refractivity contribution in [1.82, 2.24) is 0 Å². The lowest BCUT2D eigenvalue weighted by molar-refractivity contribution is 0.178. The Labute approximate surface area is 136 Å². The highest BCUT2D eigenvalue weighted by atomic mass is 79.9. The maximum absolute atomic E-state index is 10.3. The number of aliphatic hydroxyl groups is 1. The minimum absolute atomic E-state index is 0.401. The van der Waals surface area contributed by atoms with Gasteiger partial charge in [0.15, 0.2) is 0 Å². The molecule has 0 radical (unpaired) electrons. The minimum atomic E-state index is -0.659. The second-order valence-corrected chi connectivity index (χ2v) is 6.05. The Morgan fingerprint density at radius 1 is 1.20 bits per heavy atom. The highest BCUT2D eigenvalue weighted by molar-refractivity contribution is 9.10. The molecule has 0 fully saturated rings. The van der Waals surface area contributed by atoms with Crippen LogP contribution in [-0.4, -0.2) is 12.2 Å². The SMILES string of the molecule is COc1ccc(C(O)Cc2cc(Cl)ccc2Cl)cc1Br. The normalized spacial score (nSPS) is 12.2. The van der Waals surface area contributed by atoms with E-state index in [-0.39, 0.29) is 0 Å². The number of hydrogen-bond donors (Lipinski definition) is 1. The van der Waals surface area contributed by atoms with Gasteiger partial charge in [0, 0.05) is 16.5 Å². The van der Waals surface area contributed by atoms with E-state index in [0.717, 1.165) is 21.3 Å². The summed E-state index contributed by atoms with van der Waals surface area (Å²) >= 11 is 15.5. The fourth-order valence-electron chi connectivity index (χ4n) is 1.92. The molecule has 0 aliphatic carbocycles. The van der Waals surface area contributed by atoms with Crippen molar-refractivity contribution in [3.63, 3.8) is 0 Å². The largest absolute Gasteiger partial charge is 0.496 e. The van der Waals surface area contributed by atoms with Gasteiger partial charge in [-0.15, -0.1) is 0 Å². The summed E-state index contributed by atoms with van der Waals surface area (Å²) in [7, 11) is 1.60. The van der Waals surface area contributed by atoms with Crippen molar-refractivity contribution in [2.45, 2.75) is 12.5 Å². The number of aliphatic hydroxyl groups excluding tert-OH is 1. The van der Waals surface area contributed by atoms with Gasteiger partial charge in [0.1, 0.15) is 5.75 Å². The van der Waals surface area contributed by atoms with Crippen LogP contribution in [0.25, 0.3) is 0 Å². The van der Waals surface area contributed by atoms with Crippen molar-refractivity contribution in [1.29, 1.82) is 0 Å². The molecule has 0 spiro atoms. The standard InChI is InChI=1S/C15H13BrCl2O2/c1-20-15-5-2-9(7-12(15)16)14(19)8-10-6-11(17)3-4-13(10)18/h2-7,14,19H,8H2,1H3. The molecule has 0 aliphatic rings. The van der Waals surface area contributed by atoms with Crippen molar-refractivity contribution in [2.75, 3.05) is 7.11 Å². The van der Waals surface area contributed by atoms with Crippen molar-refractivity contribution in [3.05, 3.63) is 62.0 Å². The summed E-state index contributed by atoms with van der Waals surface area (Å²) in [5.41, 5.74) is 1.60. The Morgan fingerprint density at radius 2 is 1.95 bits per heavy atom. The van der Waals surface area contributed by atoms with Crippen molar-refractivity contribution >= 4 is 39.1 Å². The Morgan fingerprint density at radius 3 is 2.60 bits per heavy atom. The highest BCUT2D eigenvalue weighted by Gasteiger charge is 2.13. The lowest BCUT2D eigenvalue weighted by Crippen LogP contribution is -2.02. The van der Waals surface area contributed by atoms with E-state index in [1.54, 1.807) is 25.3 Å². The first-order valence-corrected chi connectivity index (χ1v) is 7.51. The van der Waals surface area contributed by atoms with Gasteiger partial charge in [-0.2, -0.15) is 0 Å². The van der Waals surface area contributed by atoms with E-state index >= 15 is 0 Å². The number of ether oxygens (including phenoxy) is 1. The zero-order valence-electron chi connectivity index (χ0n) is 10.7. The Bertz CT molecular complexity index is 617. The van der Waals surface area contributed by atoms with Gasteiger partial charge in [-0.1, -0.05) is 29.3 Å². The average molecular weight is 376 g/mol. The van der Waals surface area contributed by atoms with E-state index in [4.69, 9.17) is 27.9 Å². The Balaban J connectivity index is 2.21. The van der Waals surface area contributed by atoms with E-state index in [0.29, 0.717) is 16.5 Å². The van der Waals surface area contributed by atoms with Gasteiger partial charge in [0.05, 0.1) is 17.7 Å². The molecule has 1 N–H and O–H groups in total. The summed E-state index contributed by atoms with van der Waals surface area (Å²) in [6.07, 6.45) is -0.258. The van der Waals surface area contributed by atoms with E-state index < -0.39 is 6.10 Å². The van der Waals surface area contributed by atoms with Crippen molar-refractivity contribution < 1.29 is 9.84 Å². The molecule has 5 heteroatoms. The van der Waals surface area contributed by atoms with Crippen LogP contribution in [0.3, 0.4) is 0 Å². The third kappa shape index (κ3) is 3.67. The van der Waals surface area contributed by atoms with E-state index in [1.807, 2.05) is 18.2 Å². The molecule has 1 atom stereocenters. The molecule has 0 aliphatic heterocycles. The average Bonchev–Trinajstić information content (AvgIpc) is 2.42. The van der Waals surface area contributed by atoms with Crippen LogP contribution in [0.4, 0.5) is 0 Å². The summed E-state index contributed by atoms with van der Waals surface area (Å²) in [5, 5.41) is 11.5. The van der Waals surface area contributed by atoms with Gasteiger partial charge in [0.25, 0.3) is 0 Å². The van der Waals surface area contributed by atoms with Crippen LogP contribution in [-0.2, 0) is 6.42 Å². The monoisotopic (exact) mass is 374 g/mol. The predicted molar refractivity (Wildman–Crippen MR) is 85.8 cm³/mol. The highest BCUT2D eigenvalue weighted by Crippen LogP contribution is 2.31. The number of rotatable bonds is 4. The lowest BCUT2D eigenvalue weighted by atomic mass is 10.0. The molecule has 0 saturated carbocycles. The van der Waals surface area contributed by atoms with Gasteiger partial charge in [-0.25, -0.2) is 0 Å². The molecule has 2 aromatic carbocycles. The van der Waals surface area contributed by atoms with Crippen molar-refractivity contribution in [3.8, 4) is 5.75 Å². The first-order valence-electron chi connectivity index (χ1n) is 5.96. The summed E-state index contributed by atoms with van der Waals surface area (Å²) in [5.74, 6) is 0.724. The smallest absolute Gasteiger partial charge is 0.133 e. The van der Waals surface area contributed by atoms with Crippen LogP contribution in [0.5, 0.6) is 5.75 Å². The molecule has 0 heterocycles. The van der Waals surface area contributed by atoms with Crippen LogP contribution in [0.1, 0.15) is 17.2 Å². The molecule has 106 valence electrons. The number of halogens is 3. The van der Waals surface area contributed by atoms with Gasteiger partial charge in [-0.05, 0) is 57.4 Å². The van der Waals surface area contributed by atoms with Crippen LogP contribution in [0, 0.1) is 0 Å².